The summed E-state index contributed by atoms with van der Waals surface area (Å²) in [4.78, 5) is 11.8. The molecule has 4 nitrogen and oxygen atoms in total. The number of nitriles is 1. The molecule has 0 saturated carbocycles. The van der Waals surface area contributed by atoms with Crippen LogP contribution in [0.4, 0.5) is 10.5 Å². The molecule has 0 heterocycles. The maximum Gasteiger partial charge on any atom is 0.319 e. The van der Waals surface area contributed by atoms with Crippen LogP contribution in [0.3, 0.4) is 0 Å². The molecule has 0 saturated heterocycles. The number of halogens is 1. The molecule has 0 aliphatic carbocycles. The summed E-state index contributed by atoms with van der Waals surface area (Å²) in [5, 5.41) is 14.4. The zero-order valence-electron chi connectivity index (χ0n) is 11.3. The topological polar surface area (TPSA) is 64.9 Å². The number of amides is 2. The van der Waals surface area contributed by atoms with E-state index in [0.29, 0.717) is 17.8 Å². The first-order chi connectivity index (χ1) is 10.2. The van der Waals surface area contributed by atoms with Gasteiger partial charge in [0.05, 0.1) is 11.3 Å². The summed E-state index contributed by atoms with van der Waals surface area (Å²) in [7, 11) is 0. The van der Waals surface area contributed by atoms with Gasteiger partial charge >= 0.3 is 6.03 Å². The van der Waals surface area contributed by atoms with Crippen LogP contribution in [0.1, 0.15) is 11.1 Å². The minimum absolute atomic E-state index is 0.315. The monoisotopic (exact) mass is 343 g/mol. The van der Waals surface area contributed by atoms with Gasteiger partial charge in [-0.25, -0.2) is 4.79 Å². The van der Waals surface area contributed by atoms with E-state index in [1.54, 1.807) is 24.3 Å². The van der Waals surface area contributed by atoms with Crippen LogP contribution in [-0.4, -0.2) is 12.6 Å². The molecule has 2 aromatic rings. The summed E-state index contributed by atoms with van der Waals surface area (Å²) < 4.78 is 1.03. The summed E-state index contributed by atoms with van der Waals surface area (Å²) in [5.74, 6) is 0. The van der Waals surface area contributed by atoms with Gasteiger partial charge in [-0.3, -0.25) is 0 Å². The van der Waals surface area contributed by atoms with Crippen LogP contribution >= 0.6 is 15.9 Å². The third-order valence-electron chi connectivity index (χ3n) is 2.93. The van der Waals surface area contributed by atoms with Crippen molar-refractivity contribution in [2.45, 2.75) is 6.42 Å². The Balaban J connectivity index is 1.86. The molecule has 2 rings (SSSR count). The quantitative estimate of drug-likeness (QED) is 0.889. The first-order valence-corrected chi connectivity index (χ1v) is 7.27. The second-order valence-corrected chi connectivity index (χ2v) is 5.23. The van der Waals surface area contributed by atoms with Gasteiger partial charge in [0, 0.05) is 11.0 Å². The first kappa shape index (κ1) is 15.1. The lowest BCUT2D eigenvalue weighted by atomic mass is 10.1. The summed E-state index contributed by atoms with van der Waals surface area (Å²) in [5.41, 5.74) is 2.09. The minimum Gasteiger partial charge on any atom is -0.338 e. The predicted octanol–water partition coefficient (Wildman–Crippen LogP) is 3.68. The third kappa shape index (κ3) is 4.33. The van der Waals surface area contributed by atoms with Crippen LogP contribution in [0.2, 0.25) is 0 Å². The highest BCUT2D eigenvalue weighted by atomic mass is 79.9. The fourth-order valence-corrected chi connectivity index (χ4v) is 2.35. The fourth-order valence-electron chi connectivity index (χ4n) is 1.87. The molecule has 21 heavy (non-hydrogen) atoms. The Morgan fingerprint density at radius 2 is 1.86 bits per heavy atom. The van der Waals surface area contributed by atoms with Gasteiger partial charge < -0.3 is 10.6 Å². The Labute approximate surface area is 131 Å². The van der Waals surface area contributed by atoms with Gasteiger partial charge in [0.1, 0.15) is 6.07 Å². The maximum absolute atomic E-state index is 11.8. The zero-order chi connectivity index (χ0) is 15.1. The Morgan fingerprint density at radius 1 is 1.14 bits per heavy atom. The SMILES string of the molecule is N#Cc1ccccc1NC(=O)NCCc1ccccc1Br. The molecule has 106 valence electrons. The van der Waals surface area contributed by atoms with Crippen molar-refractivity contribution >= 4 is 27.6 Å². The van der Waals surface area contributed by atoms with Gasteiger partial charge in [-0.05, 0) is 30.2 Å². The standard InChI is InChI=1S/C16H14BrN3O/c17-14-7-3-1-5-12(14)9-10-19-16(21)20-15-8-4-2-6-13(15)11-18/h1-8H,9-10H2,(H2,19,20,21). The number of nitrogens with one attached hydrogen (secondary N) is 2. The number of carbonyl (C=O) groups excluding carboxylic acids is 1. The highest BCUT2D eigenvalue weighted by Gasteiger charge is 2.05. The van der Waals surface area contributed by atoms with E-state index in [-0.39, 0.29) is 6.03 Å². The van der Waals surface area contributed by atoms with Crippen LogP contribution in [0.5, 0.6) is 0 Å². The van der Waals surface area contributed by atoms with Crippen molar-refractivity contribution in [1.82, 2.24) is 5.32 Å². The Bertz CT molecular complexity index is 679. The van der Waals surface area contributed by atoms with Crippen LogP contribution < -0.4 is 10.6 Å². The molecule has 2 N–H and O–H groups in total. The second-order valence-electron chi connectivity index (χ2n) is 4.38. The van der Waals surface area contributed by atoms with E-state index in [0.717, 1.165) is 16.5 Å². The van der Waals surface area contributed by atoms with Crippen LogP contribution in [0, 0.1) is 11.3 Å². The molecule has 0 fully saturated rings. The number of carbonyl (C=O) groups is 1. The summed E-state index contributed by atoms with van der Waals surface area (Å²) in [6.07, 6.45) is 0.731. The number of benzene rings is 2. The Hall–Kier alpha value is -2.32. The van der Waals surface area contributed by atoms with Crippen molar-refractivity contribution in [3.05, 3.63) is 64.1 Å². The Kier molecular flexibility index (Phi) is 5.35. The van der Waals surface area contributed by atoms with Crippen molar-refractivity contribution < 1.29 is 4.79 Å². The van der Waals surface area contributed by atoms with Crippen molar-refractivity contribution in [2.24, 2.45) is 0 Å². The van der Waals surface area contributed by atoms with Crippen molar-refractivity contribution in [3.8, 4) is 6.07 Å². The van der Waals surface area contributed by atoms with E-state index in [1.807, 2.05) is 30.3 Å². The lowest BCUT2D eigenvalue weighted by molar-refractivity contribution is 0.252. The normalized spacial score (nSPS) is 9.71. The lowest BCUT2D eigenvalue weighted by Gasteiger charge is -2.09. The second kappa shape index (κ2) is 7.46. The molecule has 0 bridgehead atoms. The molecular weight excluding hydrogens is 330 g/mol. The Morgan fingerprint density at radius 3 is 2.62 bits per heavy atom. The molecule has 0 aliphatic rings. The maximum atomic E-state index is 11.8. The summed E-state index contributed by atoms with van der Waals surface area (Å²) in [6.45, 7) is 0.517. The van der Waals surface area contributed by atoms with Gasteiger partial charge in [0.2, 0.25) is 0 Å². The number of hydrogen-bond acceptors (Lipinski definition) is 2. The highest BCUT2D eigenvalue weighted by Crippen LogP contribution is 2.16. The molecule has 2 amide bonds. The number of rotatable bonds is 4. The number of anilines is 1. The van der Waals surface area contributed by atoms with E-state index in [1.165, 1.54) is 0 Å². The molecule has 0 unspecified atom stereocenters. The lowest BCUT2D eigenvalue weighted by Crippen LogP contribution is -2.30. The van der Waals surface area contributed by atoms with Gasteiger partial charge in [-0.15, -0.1) is 0 Å². The van der Waals surface area contributed by atoms with E-state index in [4.69, 9.17) is 5.26 Å². The highest BCUT2D eigenvalue weighted by molar-refractivity contribution is 9.10. The zero-order valence-corrected chi connectivity index (χ0v) is 12.9. The van der Waals surface area contributed by atoms with Gasteiger partial charge in [-0.2, -0.15) is 5.26 Å². The smallest absolute Gasteiger partial charge is 0.319 e. The number of hydrogen-bond donors (Lipinski definition) is 2. The summed E-state index contributed by atoms with van der Waals surface area (Å²) in [6, 6.07) is 16.5. The largest absolute Gasteiger partial charge is 0.338 e. The van der Waals surface area contributed by atoms with Gasteiger partial charge in [0.25, 0.3) is 0 Å². The molecule has 5 heteroatoms. The van der Waals surface area contributed by atoms with E-state index >= 15 is 0 Å². The van der Waals surface area contributed by atoms with E-state index in [2.05, 4.69) is 26.6 Å². The van der Waals surface area contributed by atoms with E-state index < -0.39 is 0 Å². The molecule has 0 aliphatic heterocycles. The molecule has 0 atom stereocenters. The third-order valence-corrected chi connectivity index (χ3v) is 3.71. The van der Waals surface area contributed by atoms with E-state index in [9.17, 15) is 4.79 Å². The van der Waals surface area contributed by atoms with Crippen molar-refractivity contribution in [2.75, 3.05) is 11.9 Å². The van der Waals surface area contributed by atoms with Crippen LogP contribution in [0.25, 0.3) is 0 Å². The molecule has 0 radical (unpaired) electrons. The van der Waals surface area contributed by atoms with Crippen LogP contribution in [0.15, 0.2) is 53.0 Å². The predicted molar refractivity (Wildman–Crippen MR) is 86.0 cm³/mol. The minimum atomic E-state index is -0.315. The number of para-hydroxylation sites is 1. The molecule has 0 aromatic heterocycles. The van der Waals surface area contributed by atoms with Gasteiger partial charge in [-0.1, -0.05) is 46.3 Å². The fraction of sp³-hybridized carbons (Fsp3) is 0.125. The molecule has 0 spiro atoms. The van der Waals surface area contributed by atoms with Gasteiger partial charge in [0.15, 0.2) is 0 Å². The number of nitrogens with zero attached hydrogens (tertiary/aromatic N) is 1. The molecular formula is C16H14BrN3O. The molecule has 2 aromatic carbocycles. The average molecular weight is 344 g/mol. The first-order valence-electron chi connectivity index (χ1n) is 6.48. The van der Waals surface area contributed by atoms with Crippen molar-refractivity contribution in [1.29, 1.82) is 5.26 Å². The number of urea groups is 1. The summed E-state index contributed by atoms with van der Waals surface area (Å²) >= 11 is 3.47. The van der Waals surface area contributed by atoms with Crippen LogP contribution in [-0.2, 0) is 6.42 Å². The average Bonchev–Trinajstić information content (AvgIpc) is 2.50. The van der Waals surface area contributed by atoms with Crippen molar-refractivity contribution in [3.63, 3.8) is 0 Å².